The Morgan fingerprint density at radius 3 is 2.56 bits per heavy atom. The number of rotatable bonds is 3. The third kappa shape index (κ3) is 1.62. The van der Waals surface area contributed by atoms with Crippen LogP contribution < -0.4 is 0 Å². The number of hydrogen-bond donors (Lipinski definition) is 0. The van der Waals surface area contributed by atoms with Crippen molar-refractivity contribution in [3.05, 3.63) is 48.0 Å². The molecule has 0 saturated heterocycles. The molecule has 3 rings (SSSR count). The summed E-state index contributed by atoms with van der Waals surface area (Å²) in [5.41, 5.74) is 4.12. The van der Waals surface area contributed by atoms with E-state index in [1.165, 1.54) is 40.2 Å². The Morgan fingerprint density at radius 1 is 0.944 bits per heavy atom. The van der Waals surface area contributed by atoms with Gasteiger partial charge in [0.2, 0.25) is 0 Å². The molecule has 92 valence electrons. The van der Waals surface area contributed by atoms with Crippen molar-refractivity contribution in [3.8, 4) is 0 Å². The Kier molecular flexibility index (Phi) is 2.83. The highest BCUT2D eigenvalue weighted by Gasteiger charge is 2.10. The van der Waals surface area contributed by atoms with Gasteiger partial charge in [-0.25, -0.2) is 0 Å². The lowest BCUT2D eigenvalue weighted by atomic mass is 10.1. The Labute approximate surface area is 108 Å². The van der Waals surface area contributed by atoms with Crippen molar-refractivity contribution >= 4 is 21.8 Å². The van der Waals surface area contributed by atoms with E-state index in [4.69, 9.17) is 0 Å². The summed E-state index contributed by atoms with van der Waals surface area (Å²) in [6.07, 6.45) is 2.47. The zero-order valence-electron chi connectivity index (χ0n) is 11.1. The first kappa shape index (κ1) is 11.3. The van der Waals surface area contributed by atoms with E-state index in [1.54, 1.807) is 0 Å². The molecule has 0 aliphatic carbocycles. The van der Waals surface area contributed by atoms with Crippen molar-refractivity contribution in [2.24, 2.45) is 0 Å². The van der Waals surface area contributed by atoms with E-state index in [9.17, 15) is 0 Å². The number of hydrogen-bond acceptors (Lipinski definition) is 0. The maximum Gasteiger partial charge on any atom is 0.0494 e. The van der Waals surface area contributed by atoms with E-state index >= 15 is 0 Å². The molecule has 0 saturated carbocycles. The van der Waals surface area contributed by atoms with E-state index in [1.807, 2.05) is 0 Å². The summed E-state index contributed by atoms with van der Waals surface area (Å²) in [4.78, 5) is 0. The van der Waals surface area contributed by atoms with E-state index in [2.05, 4.69) is 60.9 Å². The SMILES string of the molecule is CCCCn1c2ccccc2c2c(C)cccc21. The fourth-order valence-corrected chi connectivity index (χ4v) is 2.83. The van der Waals surface area contributed by atoms with E-state index in [-0.39, 0.29) is 0 Å². The van der Waals surface area contributed by atoms with Gasteiger partial charge in [-0.05, 0) is 31.0 Å². The van der Waals surface area contributed by atoms with Crippen LogP contribution in [0.4, 0.5) is 0 Å². The standard InChI is InChI=1S/C17H19N/c1-3-4-12-18-15-10-6-5-9-14(15)17-13(2)8-7-11-16(17)18/h5-11H,3-4,12H2,1-2H3. The van der Waals surface area contributed by atoms with Crippen molar-refractivity contribution in [1.82, 2.24) is 4.57 Å². The van der Waals surface area contributed by atoms with Crippen LogP contribution in [0.5, 0.6) is 0 Å². The molecule has 0 spiro atoms. The average molecular weight is 237 g/mol. The number of aromatic nitrogens is 1. The first-order valence-corrected chi connectivity index (χ1v) is 6.79. The minimum Gasteiger partial charge on any atom is -0.340 e. The van der Waals surface area contributed by atoms with E-state index < -0.39 is 0 Å². The highest BCUT2D eigenvalue weighted by Crippen LogP contribution is 2.31. The highest BCUT2D eigenvalue weighted by atomic mass is 15.0. The summed E-state index contributed by atoms with van der Waals surface area (Å²) in [7, 11) is 0. The molecule has 0 radical (unpaired) electrons. The number of nitrogens with zero attached hydrogens (tertiary/aromatic N) is 1. The Bertz CT molecular complexity index is 691. The van der Waals surface area contributed by atoms with E-state index in [0.717, 1.165) is 6.54 Å². The molecule has 0 bridgehead atoms. The molecule has 0 fully saturated rings. The van der Waals surface area contributed by atoms with Gasteiger partial charge < -0.3 is 4.57 Å². The number of para-hydroxylation sites is 1. The molecule has 3 aromatic rings. The average Bonchev–Trinajstić information content (AvgIpc) is 2.72. The molecule has 0 unspecified atom stereocenters. The quantitative estimate of drug-likeness (QED) is 0.610. The van der Waals surface area contributed by atoms with Gasteiger partial charge in [0.25, 0.3) is 0 Å². The molecule has 0 aliphatic heterocycles. The van der Waals surface area contributed by atoms with Gasteiger partial charge in [-0.3, -0.25) is 0 Å². The molecule has 1 heterocycles. The topological polar surface area (TPSA) is 4.93 Å². The summed E-state index contributed by atoms with van der Waals surface area (Å²) in [5.74, 6) is 0. The van der Waals surface area contributed by atoms with Crippen LogP contribution in [0.1, 0.15) is 25.3 Å². The maximum atomic E-state index is 2.47. The Hall–Kier alpha value is -1.76. The fraction of sp³-hybridized carbons (Fsp3) is 0.294. The van der Waals surface area contributed by atoms with Gasteiger partial charge in [0.1, 0.15) is 0 Å². The first-order valence-electron chi connectivity index (χ1n) is 6.79. The van der Waals surface area contributed by atoms with Gasteiger partial charge in [-0.2, -0.15) is 0 Å². The Morgan fingerprint density at radius 2 is 1.72 bits per heavy atom. The van der Waals surface area contributed by atoms with Crippen LogP contribution in [0.3, 0.4) is 0 Å². The number of unbranched alkanes of at least 4 members (excludes halogenated alkanes) is 1. The van der Waals surface area contributed by atoms with Crippen molar-refractivity contribution in [2.75, 3.05) is 0 Å². The summed E-state index contributed by atoms with van der Waals surface area (Å²) in [5, 5.41) is 2.81. The van der Waals surface area contributed by atoms with Crippen LogP contribution >= 0.6 is 0 Å². The summed E-state index contributed by atoms with van der Waals surface area (Å²) >= 11 is 0. The monoisotopic (exact) mass is 237 g/mol. The van der Waals surface area contributed by atoms with Gasteiger partial charge in [0.05, 0.1) is 0 Å². The predicted octanol–water partition coefficient (Wildman–Crippen LogP) is 4.90. The normalized spacial score (nSPS) is 11.4. The second-order valence-electron chi connectivity index (χ2n) is 4.99. The van der Waals surface area contributed by atoms with Gasteiger partial charge in [0, 0.05) is 28.4 Å². The van der Waals surface area contributed by atoms with Crippen molar-refractivity contribution in [3.63, 3.8) is 0 Å². The number of benzene rings is 2. The van der Waals surface area contributed by atoms with Crippen molar-refractivity contribution in [1.29, 1.82) is 0 Å². The van der Waals surface area contributed by atoms with Crippen molar-refractivity contribution in [2.45, 2.75) is 33.2 Å². The number of aryl methyl sites for hydroxylation is 2. The lowest BCUT2D eigenvalue weighted by molar-refractivity contribution is 0.665. The van der Waals surface area contributed by atoms with Gasteiger partial charge >= 0.3 is 0 Å². The minimum atomic E-state index is 1.12. The second kappa shape index (κ2) is 4.49. The molecule has 1 aromatic heterocycles. The third-order valence-electron chi connectivity index (χ3n) is 3.74. The molecular weight excluding hydrogens is 218 g/mol. The maximum absolute atomic E-state index is 2.47. The zero-order valence-corrected chi connectivity index (χ0v) is 11.1. The molecule has 0 amide bonds. The van der Waals surface area contributed by atoms with Crippen LogP contribution in [0, 0.1) is 6.92 Å². The lowest BCUT2D eigenvalue weighted by Crippen LogP contribution is -1.96. The zero-order chi connectivity index (χ0) is 12.5. The summed E-state index contributed by atoms with van der Waals surface area (Å²) in [6, 6.07) is 15.4. The van der Waals surface area contributed by atoms with Gasteiger partial charge in [0.15, 0.2) is 0 Å². The molecule has 2 aromatic carbocycles. The van der Waals surface area contributed by atoms with Crippen LogP contribution in [0.2, 0.25) is 0 Å². The van der Waals surface area contributed by atoms with Gasteiger partial charge in [-0.1, -0.05) is 43.7 Å². The third-order valence-corrected chi connectivity index (χ3v) is 3.74. The smallest absolute Gasteiger partial charge is 0.0494 e. The molecule has 0 N–H and O–H groups in total. The summed E-state index contributed by atoms with van der Waals surface area (Å²) in [6.45, 7) is 5.57. The molecule has 0 atom stereocenters. The van der Waals surface area contributed by atoms with Crippen LogP contribution in [-0.4, -0.2) is 4.57 Å². The minimum absolute atomic E-state index is 1.12. The first-order chi connectivity index (χ1) is 8.83. The van der Waals surface area contributed by atoms with Crippen LogP contribution in [0.25, 0.3) is 21.8 Å². The summed E-state index contributed by atoms with van der Waals surface area (Å²) < 4.78 is 2.47. The second-order valence-corrected chi connectivity index (χ2v) is 4.99. The predicted molar refractivity (Wildman–Crippen MR) is 79.1 cm³/mol. The fourth-order valence-electron chi connectivity index (χ4n) is 2.83. The molecule has 1 nitrogen and oxygen atoms in total. The van der Waals surface area contributed by atoms with Gasteiger partial charge in [-0.15, -0.1) is 0 Å². The molecule has 0 aliphatic rings. The largest absolute Gasteiger partial charge is 0.340 e. The lowest BCUT2D eigenvalue weighted by Gasteiger charge is -2.06. The van der Waals surface area contributed by atoms with E-state index in [0.29, 0.717) is 0 Å². The van der Waals surface area contributed by atoms with Crippen LogP contribution in [0.15, 0.2) is 42.5 Å². The Balaban J connectivity index is 2.39. The molecular formula is C17H19N. The van der Waals surface area contributed by atoms with Crippen molar-refractivity contribution < 1.29 is 0 Å². The molecule has 1 heteroatoms. The number of fused-ring (bicyclic) bond motifs is 3. The highest BCUT2D eigenvalue weighted by molar-refractivity contribution is 6.09. The van der Waals surface area contributed by atoms with Crippen LogP contribution in [-0.2, 0) is 6.54 Å². The molecule has 18 heavy (non-hydrogen) atoms.